The van der Waals surface area contributed by atoms with Gasteiger partial charge in [0, 0.05) is 36.6 Å². The number of carbonyl (C=O) groups is 2. The van der Waals surface area contributed by atoms with E-state index in [9.17, 15) is 9.59 Å². The van der Waals surface area contributed by atoms with E-state index in [0.717, 1.165) is 11.4 Å². The van der Waals surface area contributed by atoms with Gasteiger partial charge in [0.2, 0.25) is 5.91 Å². The van der Waals surface area contributed by atoms with Crippen molar-refractivity contribution in [3.63, 3.8) is 0 Å². The van der Waals surface area contributed by atoms with Crippen LogP contribution in [0, 0.1) is 0 Å². The number of nitrogens with one attached hydrogen (secondary N) is 1. The fourth-order valence-corrected chi connectivity index (χ4v) is 2.54. The molecule has 2 amide bonds. The van der Waals surface area contributed by atoms with E-state index < -0.39 is 0 Å². The van der Waals surface area contributed by atoms with Crippen LogP contribution in [0.25, 0.3) is 5.69 Å². The van der Waals surface area contributed by atoms with Crippen LogP contribution in [-0.2, 0) is 4.79 Å². The van der Waals surface area contributed by atoms with Gasteiger partial charge in [0.1, 0.15) is 0 Å². The average Bonchev–Trinajstić information content (AvgIpc) is 3.12. The molecular weight excluding hydrogens is 352 g/mol. The number of hydrogen-bond acceptors (Lipinski definition) is 3. The lowest BCUT2D eigenvalue weighted by atomic mass is 10.2. The first-order valence-corrected chi connectivity index (χ1v) is 8.29. The molecule has 0 saturated carbocycles. The lowest BCUT2D eigenvalue weighted by molar-refractivity contribution is -0.116. The normalized spacial score (nSPS) is 10.4. The van der Waals surface area contributed by atoms with Gasteiger partial charge >= 0.3 is 0 Å². The van der Waals surface area contributed by atoms with Gasteiger partial charge in [-0.25, -0.2) is 4.68 Å². The molecule has 0 aliphatic heterocycles. The summed E-state index contributed by atoms with van der Waals surface area (Å²) in [4.78, 5) is 25.3. The van der Waals surface area contributed by atoms with E-state index in [4.69, 9.17) is 11.6 Å². The van der Waals surface area contributed by atoms with Gasteiger partial charge in [-0.15, -0.1) is 0 Å². The molecule has 0 bridgehead atoms. The molecule has 1 aromatic heterocycles. The lowest BCUT2D eigenvalue weighted by Crippen LogP contribution is -2.22. The predicted molar refractivity (Wildman–Crippen MR) is 102 cm³/mol. The van der Waals surface area contributed by atoms with Crippen molar-refractivity contribution in [1.82, 2.24) is 9.78 Å². The van der Waals surface area contributed by atoms with Crippen molar-refractivity contribution in [3.8, 4) is 5.69 Å². The van der Waals surface area contributed by atoms with Crippen LogP contribution >= 0.6 is 11.6 Å². The average molecular weight is 369 g/mol. The Labute approximate surface area is 156 Å². The predicted octanol–water partition coefficient (Wildman–Crippen LogP) is 3.76. The van der Waals surface area contributed by atoms with E-state index in [2.05, 4.69) is 10.4 Å². The van der Waals surface area contributed by atoms with Crippen LogP contribution in [0.1, 0.15) is 17.4 Å². The molecule has 26 heavy (non-hydrogen) atoms. The van der Waals surface area contributed by atoms with Crippen LogP contribution < -0.4 is 10.2 Å². The monoisotopic (exact) mass is 368 g/mol. The number of carbonyl (C=O) groups excluding carboxylic acids is 2. The number of benzene rings is 2. The Morgan fingerprint density at radius 1 is 1.12 bits per heavy atom. The Morgan fingerprint density at radius 2 is 1.85 bits per heavy atom. The minimum Gasteiger partial charge on any atom is -0.321 e. The molecule has 6 nitrogen and oxygen atoms in total. The second-order valence-corrected chi connectivity index (χ2v) is 6.14. The van der Waals surface area contributed by atoms with Crippen LogP contribution in [0.5, 0.6) is 0 Å². The maximum atomic E-state index is 12.4. The molecule has 3 rings (SSSR count). The smallest absolute Gasteiger partial charge is 0.276 e. The SMILES string of the molecule is CC(=O)N(C)c1ccc(NC(=O)c2ccn(-c3cccc(Cl)c3)n2)cc1. The van der Waals surface area contributed by atoms with Crippen molar-refractivity contribution in [2.24, 2.45) is 0 Å². The van der Waals surface area contributed by atoms with Gasteiger partial charge in [0.15, 0.2) is 5.69 Å². The summed E-state index contributed by atoms with van der Waals surface area (Å²) >= 11 is 5.98. The van der Waals surface area contributed by atoms with Crippen LogP contribution in [0.3, 0.4) is 0 Å². The molecule has 7 heteroatoms. The largest absolute Gasteiger partial charge is 0.321 e. The first kappa shape index (κ1) is 17.7. The van der Waals surface area contributed by atoms with Crippen LogP contribution in [0.15, 0.2) is 60.8 Å². The highest BCUT2D eigenvalue weighted by Crippen LogP contribution is 2.18. The summed E-state index contributed by atoms with van der Waals surface area (Å²) < 4.78 is 1.59. The van der Waals surface area contributed by atoms with E-state index >= 15 is 0 Å². The molecule has 0 radical (unpaired) electrons. The Morgan fingerprint density at radius 3 is 2.50 bits per heavy atom. The molecule has 0 aliphatic carbocycles. The number of rotatable bonds is 4. The maximum Gasteiger partial charge on any atom is 0.276 e. The highest BCUT2D eigenvalue weighted by atomic mass is 35.5. The molecule has 0 saturated heterocycles. The minimum atomic E-state index is -0.321. The molecule has 0 aliphatic rings. The number of hydrogen-bond donors (Lipinski definition) is 1. The standard InChI is InChI=1S/C19H17ClN4O2/c1-13(25)23(2)16-8-6-15(7-9-16)21-19(26)18-10-11-24(22-18)17-5-3-4-14(20)12-17/h3-12H,1-2H3,(H,21,26). The van der Waals surface area contributed by atoms with E-state index in [1.165, 1.54) is 11.8 Å². The molecule has 3 aromatic rings. The number of halogens is 1. The molecular formula is C19H17ClN4O2. The molecule has 1 heterocycles. The second kappa shape index (κ2) is 7.41. The van der Waals surface area contributed by atoms with Crippen LogP contribution in [0.4, 0.5) is 11.4 Å². The summed E-state index contributed by atoms with van der Waals surface area (Å²) in [5, 5.41) is 7.66. The van der Waals surface area contributed by atoms with Crippen molar-refractivity contribution in [3.05, 3.63) is 71.5 Å². The van der Waals surface area contributed by atoms with Crippen molar-refractivity contribution in [2.75, 3.05) is 17.3 Å². The summed E-state index contributed by atoms with van der Waals surface area (Å²) in [6, 6.07) is 15.8. The van der Waals surface area contributed by atoms with Gasteiger partial charge in [0.05, 0.1) is 5.69 Å². The van der Waals surface area contributed by atoms with Crippen LogP contribution in [-0.4, -0.2) is 28.6 Å². The summed E-state index contributed by atoms with van der Waals surface area (Å²) in [6.45, 7) is 1.49. The van der Waals surface area contributed by atoms with E-state index in [-0.39, 0.29) is 17.5 Å². The third-order valence-electron chi connectivity index (χ3n) is 3.88. The lowest BCUT2D eigenvalue weighted by Gasteiger charge is -2.15. The Kier molecular flexibility index (Phi) is 5.04. The molecule has 132 valence electrons. The zero-order valence-electron chi connectivity index (χ0n) is 14.3. The van der Waals surface area contributed by atoms with E-state index in [1.54, 1.807) is 60.4 Å². The Bertz CT molecular complexity index is 950. The van der Waals surface area contributed by atoms with Gasteiger partial charge in [-0.3, -0.25) is 9.59 Å². The quantitative estimate of drug-likeness (QED) is 0.762. The fraction of sp³-hybridized carbons (Fsp3) is 0.105. The third-order valence-corrected chi connectivity index (χ3v) is 4.11. The zero-order valence-corrected chi connectivity index (χ0v) is 15.1. The molecule has 0 fully saturated rings. The van der Waals surface area contributed by atoms with Gasteiger partial charge in [-0.1, -0.05) is 17.7 Å². The first-order valence-electron chi connectivity index (χ1n) is 7.91. The molecule has 0 unspecified atom stereocenters. The van der Waals surface area contributed by atoms with Gasteiger partial charge in [0.25, 0.3) is 5.91 Å². The summed E-state index contributed by atoms with van der Waals surface area (Å²) in [5.74, 6) is -0.383. The minimum absolute atomic E-state index is 0.0617. The summed E-state index contributed by atoms with van der Waals surface area (Å²) in [6.07, 6.45) is 1.70. The molecule has 0 spiro atoms. The molecule has 1 N–H and O–H groups in total. The maximum absolute atomic E-state index is 12.4. The topological polar surface area (TPSA) is 67.2 Å². The highest BCUT2D eigenvalue weighted by Gasteiger charge is 2.11. The molecule has 2 aromatic carbocycles. The Hall–Kier alpha value is -3.12. The summed E-state index contributed by atoms with van der Waals surface area (Å²) in [7, 11) is 1.69. The van der Waals surface area contributed by atoms with Gasteiger partial charge < -0.3 is 10.2 Å². The number of aromatic nitrogens is 2. The second-order valence-electron chi connectivity index (χ2n) is 5.70. The number of anilines is 2. The van der Waals surface area contributed by atoms with Crippen LogP contribution in [0.2, 0.25) is 5.02 Å². The number of nitrogens with zero attached hydrogens (tertiary/aromatic N) is 3. The van der Waals surface area contributed by atoms with Crippen molar-refractivity contribution in [1.29, 1.82) is 0 Å². The number of amides is 2. The third kappa shape index (κ3) is 3.92. The van der Waals surface area contributed by atoms with E-state index in [0.29, 0.717) is 10.7 Å². The van der Waals surface area contributed by atoms with Gasteiger partial charge in [-0.05, 0) is 48.5 Å². The zero-order chi connectivity index (χ0) is 18.7. The fourth-order valence-electron chi connectivity index (χ4n) is 2.35. The van der Waals surface area contributed by atoms with Crippen molar-refractivity contribution in [2.45, 2.75) is 6.92 Å². The Balaban J connectivity index is 1.72. The first-order chi connectivity index (χ1) is 12.4. The van der Waals surface area contributed by atoms with E-state index in [1.807, 2.05) is 12.1 Å². The van der Waals surface area contributed by atoms with Crippen molar-refractivity contribution < 1.29 is 9.59 Å². The highest BCUT2D eigenvalue weighted by molar-refractivity contribution is 6.30. The molecule has 0 atom stereocenters. The van der Waals surface area contributed by atoms with Gasteiger partial charge in [-0.2, -0.15) is 5.10 Å². The van der Waals surface area contributed by atoms with Crippen molar-refractivity contribution >= 4 is 34.8 Å². The summed E-state index contributed by atoms with van der Waals surface area (Å²) in [5.41, 5.74) is 2.43.